The summed E-state index contributed by atoms with van der Waals surface area (Å²) in [7, 11) is 1.51. The molecule has 0 spiro atoms. The normalized spacial score (nSPS) is 16.5. The van der Waals surface area contributed by atoms with Crippen LogP contribution in [0.4, 0.5) is 5.69 Å². The van der Waals surface area contributed by atoms with Crippen molar-refractivity contribution in [3.05, 3.63) is 83.3 Å². The van der Waals surface area contributed by atoms with Crippen LogP contribution in [0.1, 0.15) is 18.5 Å². The predicted molar refractivity (Wildman–Crippen MR) is 112 cm³/mol. The number of anilines is 1. The predicted octanol–water partition coefficient (Wildman–Crippen LogP) is 3.17. The van der Waals surface area contributed by atoms with Crippen LogP contribution in [0.15, 0.2) is 77.8 Å². The lowest BCUT2D eigenvalue weighted by atomic mass is 9.96. The molecule has 1 aliphatic heterocycles. The fourth-order valence-corrected chi connectivity index (χ4v) is 3.29. The molecule has 31 heavy (non-hydrogen) atoms. The minimum absolute atomic E-state index is 0.0120. The highest BCUT2D eigenvalue weighted by Gasteiger charge is 2.43. The average molecular weight is 423 g/mol. The van der Waals surface area contributed by atoms with Crippen molar-refractivity contribution in [3.63, 3.8) is 0 Å². The molecule has 1 amide bonds. The van der Waals surface area contributed by atoms with Crippen LogP contribution in [0.3, 0.4) is 0 Å². The maximum Gasteiger partial charge on any atom is 0.379 e. The average Bonchev–Trinajstić information content (AvgIpc) is 3.05. The van der Waals surface area contributed by atoms with E-state index in [0.717, 1.165) is 0 Å². The molecule has 2 aromatic carbocycles. The molecule has 1 atom stereocenters. The minimum Gasteiger partial charge on any atom is -0.507 e. The van der Waals surface area contributed by atoms with Crippen LogP contribution in [-0.4, -0.2) is 41.6 Å². The third-order valence-corrected chi connectivity index (χ3v) is 4.69. The number of benzene rings is 2. The van der Waals surface area contributed by atoms with E-state index in [1.807, 2.05) is 0 Å². The molecule has 0 saturated carbocycles. The van der Waals surface area contributed by atoms with Crippen molar-refractivity contribution in [2.45, 2.75) is 13.0 Å². The van der Waals surface area contributed by atoms with Crippen LogP contribution in [0, 0.1) is 0 Å². The quantitative estimate of drug-likeness (QED) is 0.304. The molecule has 2 aromatic rings. The number of ketones is 1. The van der Waals surface area contributed by atoms with Gasteiger partial charge in [0.25, 0.3) is 11.7 Å². The molecule has 0 aromatic heterocycles. The van der Waals surface area contributed by atoms with Gasteiger partial charge in [-0.05, 0) is 36.8 Å². The zero-order valence-electron chi connectivity index (χ0n) is 16.9. The molecule has 0 saturated heterocycles. The summed E-state index contributed by atoms with van der Waals surface area (Å²) in [6.07, 6.45) is 0.641. The summed E-state index contributed by atoms with van der Waals surface area (Å²) in [6, 6.07) is 14.3. The first-order chi connectivity index (χ1) is 14.9. The lowest BCUT2D eigenvalue weighted by molar-refractivity contribution is -0.151. The van der Waals surface area contributed by atoms with Crippen molar-refractivity contribution in [1.29, 1.82) is 0 Å². The first-order valence-electron chi connectivity index (χ1n) is 9.46. The topological polar surface area (TPSA) is 113 Å². The molecule has 2 N–H and O–H groups in total. The van der Waals surface area contributed by atoms with E-state index in [-0.39, 0.29) is 12.2 Å². The lowest BCUT2D eigenvalue weighted by Gasteiger charge is -2.27. The van der Waals surface area contributed by atoms with Gasteiger partial charge in [0.05, 0.1) is 25.3 Å². The second-order valence-electron chi connectivity index (χ2n) is 6.56. The third kappa shape index (κ3) is 4.28. The van der Waals surface area contributed by atoms with Gasteiger partial charge in [-0.3, -0.25) is 14.5 Å². The first kappa shape index (κ1) is 21.6. The summed E-state index contributed by atoms with van der Waals surface area (Å²) in [4.78, 5) is 37.9. The van der Waals surface area contributed by atoms with Gasteiger partial charge in [0.2, 0.25) is 0 Å². The number of hydrogen-bond donors (Lipinski definition) is 2. The van der Waals surface area contributed by atoms with Gasteiger partial charge in [0.15, 0.2) is 5.76 Å². The second kappa shape index (κ2) is 9.17. The Morgan fingerprint density at radius 2 is 1.74 bits per heavy atom. The Bertz CT molecular complexity index is 1060. The molecule has 0 radical (unpaired) electrons. The SMILES string of the molecule is CCOC(=O)C(=O)/C=C(\O)C1=C(O)C(=O)N(c2ccccc2)C1c1ccc(OC)cc1. The van der Waals surface area contributed by atoms with Crippen molar-refractivity contribution in [1.82, 2.24) is 0 Å². The number of hydrogen-bond acceptors (Lipinski definition) is 7. The first-order valence-corrected chi connectivity index (χ1v) is 9.46. The smallest absolute Gasteiger partial charge is 0.379 e. The number of nitrogens with zero attached hydrogens (tertiary/aromatic N) is 1. The third-order valence-electron chi connectivity index (χ3n) is 4.69. The van der Waals surface area contributed by atoms with Crippen LogP contribution in [0.25, 0.3) is 0 Å². The summed E-state index contributed by atoms with van der Waals surface area (Å²) < 4.78 is 9.79. The number of aliphatic hydroxyl groups is 2. The van der Waals surface area contributed by atoms with Crippen molar-refractivity contribution in [2.75, 3.05) is 18.6 Å². The van der Waals surface area contributed by atoms with E-state index in [0.29, 0.717) is 23.1 Å². The number of amides is 1. The minimum atomic E-state index is -1.15. The van der Waals surface area contributed by atoms with Crippen molar-refractivity contribution >= 4 is 23.3 Å². The van der Waals surface area contributed by atoms with Gasteiger partial charge in [0.1, 0.15) is 11.5 Å². The number of aliphatic hydroxyl groups excluding tert-OH is 2. The van der Waals surface area contributed by atoms with E-state index in [2.05, 4.69) is 4.74 Å². The molecule has 1 heterocycles. The zero-order valence-corrected chi connectivity index (χ0v) is 16.9. The van der Waals surface area contributed by atoms with Gasteiger partial charge in [-0.25, -0.2) is 4.79 Å². The zero-order chi connectivity index (χ0) is 22.5. The highest BCUT2D eigenvalue weighted by Crippen LogP contribution is 2.43. The van der Waals surface area contributed by atoms with Crippen molar-refractivity contribution < 1.29 is 34.1 Å². The summed E-state index contributed by atoms with van der Waals surface area (Å²) in [5.41, 5.74) is 0.816. The van der Waals surface area contributed by atoms with E-state index in [4.69, 9.17) is 4.74 Å². The summed E-state index contributed by atoms with van der Waals surface area (Å²) in [6.45, 7) is 1.53. The number of rotatable bonds is 7. The summed E-state index contributed by atoms with van der Waals surface area (Å²) in [5, 5.41) is 21.2. The monoisotopic (exact) mass is 423 g/mol. The fraction of sp³-hybridized carbons (Fsp3) is 0.174. The van der Waals surface area contributed by atoms with E-state index in [1.54, 1.807) is 54.6 Å². The number of carbonyl (C=O) groups is 3. The molecule has 8 heteroatoms. The Balaban J connectivity index is 2.11. The lowest BCUT2D eigenvalue weighted by Crippen LogP contribution is -2.30. The van der Waals surface area contributed by atoms with Gasteiger partial charge >= 0.3 is 5.97 Å². The van der Waals surface area contributed by atoms with Crippen LogP contribution in [-0.2, 0) is 19.1 Å². The Hall–Kier alpha value is -4.07. The van der Waals surface area contributed by atoms with Gasteiger partial charge < -0.3 is 19.7 Å². The number of ether oxygens (including phenoxy) is 2. The molecular formula is C23H21NO7. The van der Waals surface area contributed by atoms with E-state index in [9.17, 15) is 24.6 Å². The van der Waals surface area contributed by atoms with Gasteiger partial charge in [0, 0.05) is 11.8 Å². The Labute approximate surface area is 178 Å². The van der Waals surface area contributed by atoms with E-state index in [1.165, 1.54) is 18.9 Å². The Kier molecular flexibility index (Phi) is 6.40. The number of esters is 1. The molecular weight excluding hydrogens is 402 g/mol. The maximum absolute atomic E-state index is 12.9. The maximum atomic E-state index is 12.9. The molecule has 8 nitrogen and oxygen atoms in total. The Morgan fingerprint density at radius 1 is 1.10 bits per heavy atom. The van der Waals surface area contributed by atoms with Crippen LogP contribution >= 0.6 is 0 Å². The highest BCUT2D eigenvalue weighted by molar-refractivity contribution is 6.38. The molecule has 0 fully saturated rings. The van der Waals surface area contributed by atoms with Crippen molar-refractivity contribution in [3.8, 4) is 5.75 Å². The summed E-state index contributed by atoms with van der Waals surface area (Å²) in [5.74, 6) is -3.88. The van der Waals surface area contributed by atoms with E-state index < -0.39 is 35.2 Å². The molecule has 0 bridgehead atoms. The molecule has 1 aliphatic rings. The van der Waals surface area contributed by atoms with Crippen molar-refractivity contribution in [2.24, 2.45) is 0 Å². The number of carbonyl (C=O) groups excluding carboxylic acids is 3. The van der Waals surface area contributed by atoms with Gasteiger partial charge in [-0.1, -0.05) is 30.3 Å². The standard InChI is InChI=1S/C23H21NO7/c1-3-31-23(29)18(26)13-17(25)19-20(14-9-11-16(30-2)12-10-14)24(22(28)21(19)27)15-7-5-4-6-8-15/h4-13,20,25,27H,3H2,1-2H3/b17-13-. The van der Waals surface area contributed by atoms with Gasteiger partial charge in [-0.15, -0.1) is 0 Å². The molecule has 160 valence electrons. The Morgan fingerprint density at radius 3 is 2.32 bits per heavy atom. The number of methoxy groups -OCH3 is 1. The van der Waals surface area contributed by atoms with Crippen LogP contribution < -0.4 is 9.64 Å². The van der Waals surface area contributed by atoms with E-state index >= 15 is 0 Å². The molecule has 0 aliphatic carbocycles. The second-order valence-corrected chi connectivity index (χ2v) is 6.56. The van der Waals surface area contributed by atoms with Crippen LogP contribution in [0.5, 0.6) is 5.75 Å². The summed E-state index contributed by atoms with van der Waals surface area (Å²) >= 11 is 0. The largest absolute Gasteiger partial charge is 0.507 e. The molecule has 3 rings (SSSR count). The fourth-order valence-electron chi connectivity index (χ4n) is 3.29. The highest BCUT2D eigenvalue weighted by atomic mass is 16.5. The molecule has 1 unspecified atom stereocenters. The van der Waals surface area contributed by atoms with Gasteiger partial charge in [-0.2, -0.15) is 0 Å². The van der Waals surface area contributed by atoms with Crippen LogP contribution in [0.2, 0.25) is 0 Å². The number of para-hydroxylation sites is 1.